The number of benzene rings is 3. The standard InChI is InChI=1S/C22H18Cl3N3O6S2/c1-13(29)26-15-3-7-17(8-4-15)35(31,32)28(22-12-20(24)19(23)11-21(22)25)36(33,34)18-9-5-16(6-10-18)27-14(2)30/h3-12H,1-2H3,(H,26,29)(H,27,30). The second-order valence-corrected chi connectivity index (χ2v) is 12.4. The minimum Gasteiger partial charge on any atom is -0.326 e. The number of carbonyl (C=O) groups excluding carboxylic acids is 2. The van der Waals surface area contributed by atoms with Gasteiger partial charge in [-0.05, 0) is 60.7 Å². The summed E-state index contributed by atoms with van der Waals surface area (Å²) in [6.07, 6.45) is 0. The molecule has 0 aromatic heterocycles. The zero-order valence-electron chi connectivity index (χ0n) is 18.6. The predicted molar refractivity (Wildman–Crippen MR) is 140 cm³/mol. The molecule has 0 fully saturated rings. The van der Waals surface area contributed by atoms with Gasteiger partial charge >= 0.3 is 0 Å². The van der Waals surface area contributed by atoms with Gasteiger partial charge in [0.15, 0.2) is 0 Å². The highest BCUT2D eigenvalue weighted by atomic mass is 35.5. The Morgan fingerprint density at radius 1 is 0.639 bits per heavy atom. The number of rotatable bonds is 7. The lowest BCUT2D eigenvalue weighted by Gasteiger charge is -2.25. The molecule has 0 aliphatic heterocycles. The molecular formula is C22H18Cl3N3O6S2. The first kappa shape index (κ1) is 27.8. The molecule has 0 saturated carbocycles. The van der Waals surface area contributed by atoms with Crippen molar-refractivity contribution in [1.82, 2.24) is 0 Å². The van der Waals surface area contributed by atoms with Gasteiger partial charge in [0.1, 0.15) is 0 Å². The van der Waals surface area contributed by atoms with Crippen molar-refractivity contribution in [3.05, 3.63) is 75.7 Å². The van der Waals surface area contributed by atoms with Gasteiger partial charge in [-0.15, -0.1) is 0 Å². The Hall–Kier alpha value is -2.83. The zero-order valence-corrected chi connectivity index (χ0v) is 22.5. The zero-order chi connectivity index (χ0) is 26.8. The van der Waals surface area contributed by atoms with Crippen LogP contribution >= 0.6 is 34.8 Å². The summed E-state index contributed by atoms with van der Waals surface area (Å²) in [6, 6.07) is 11.9. The van der Waals surface area contributed by atoms with Crippen LogP contribution < -0.4 is 14.3 Å². The van der Waals surface area contributed by atoms with Crippen molar-refractivity contribution in [3.63, 3.8) is 0 Å². The molecule has 14 heteroatoms. The fraction of sp³-hybridized carbons (Fsp3) is 0.0909. The molecule has 0 spiro atoms. The second kappa shape index (κ2) is 10.7. The van der Waals surface area contributed by atoms with Gasteiger partial charge in [0.25, 0.3) is 20.0 Å². The Labute approximate surface area is 223 Å². The Balaban J connectivity index is 2.21. The van der Waals surface area contributed by atoms with E-state index >= 15 is 0 Å². The van der Waals surface area contributed by atoms with E-state index in [1.807, 2.05) is 0 Å². The number of anilines is 3. The van der Waals surface area contributed by atoms with Gasteiger partial charge < -0.3 is 10.6 Å². The topological polar surface area (TPSA) is 130 Å². The van der Waals surface area contributed by atoms with Crippen LogP contribution in [0.15, 0.2) is 70.5 Å². The fourth-order valence-electron chi connectivity index (χ4n) is 3.06. The third-order valence-corrected chi connectivity index (χ3v) is 9.77. The van der Waals surface area contributed by atoms with Crippen molar-refractivity contribution in [2.24, 2.45) is 0 Å². The Morgan fingerprint density at radius 2 is 1.00 bits per heavy atom. The molecular weight excluding hydrogens is 573 g/mol. The van der Waals surface area contributed by atoms with Crippen LogP contribution in [-0.2, 0) is 29.6 Å². The number of hydrogen-bond donors (Lipinski definition) is 2. The van der Waals surface area contributed by atoms with E-state index < -0.39 is 35.5 Å². The summed E-state index contributed by atoms with van der Waals surface area (Å²) in [6.45, 7) is 2.56. The van der Waals surface area contributed by atoms with Gasteiger partial charge in [-0.2, -0.15) is 3.71 Å². The van der Waals surface area contributed by atoms with E-state index in [1.54, 1.807) is 0 Å². The molecule has 0 saturated heterocycles. The van der Waals surface area contributed by atoms with Crippen LogP contribution in [0, 0.1) is 0 Å². The highest BCUT2D eigenvalue weighted by molar-refractivity contribution is 8.10. The molecule has 0 heterocycles. The average Bonchev–Trinajstić information content (AvgIpc) is 2.77. The van der Waals surface area contributed by atoms with Gasteiger partial charge in [0, 0.05) is 25.2 Å². The molecule has 2 N–H and O–H groups in total. The SMILES string of the molecule is CC(=O)Nc1ccc(S(=O)(=O)N(c2cc(Cl)c(Cl)cc2Cl)S(=O)(=O)c2ccc(NC(C)=O)cc2)cc1. The number of sulfonamides is 2. The number of halogens is 3. The van der Waals surface area contributed by atoms with E-state index in [4.69, 9.17) is 34.8 Å². The average molecular weight is 591 g/mol. The summed E-state index contributed by atoms with van der Waals surface area (Å²) in [5.74, 6) is -0.750. The first-order valence-corrected chi connectivity index (χ1v) is 14.0. The first-order chi connectivity index (χ1) is 16.7. The van der Waals surface area contributed by atoms with Gasteiger partial charge in [0.05, 0.1) is 30.5 Å². The van der Waals surface area contributed by atoms with E-state index in [1.165, 1.54) is 38.1 Å². The summed E-state index contributed by atoms with van der Waals surface area (Å²) >= 11 is 18.3. The van der Waals surface area contributed by atoms with Crippen LogP contribution in [0.2, 0.25) is 15.1 Å². The van der Waals surface area contributed by atoms with Crippen molar-refractivity contribution in [2.45, 2.75) is 23.6 Å². The molecule has 36 heavy (non-hydrogen) atoms. The van der Waals surface area contributed by atoms with Crippen LogP contribution in [0.25, 0.3) is 0 Å². The van der Waals surface area contributed by atoms with E-state index in [0.29, 0.717) is 11.4 Å². The van der Waals surface area contributed by atoms with Crippen molar-refractivity contribution in [2.75, 3.05) is 14.3 Å². The molecule has 3 rings (SSSR count). The molecule has 0 aliphatic rings. The van der Waals surface area contributed by atoms with Crippen molar-refractivity contribution >= 4 is 83.7 Å². The van der Waals surface area contributed by atoms with Gasteiger partial charge in [-0.3, -0.25) is 9.59 Å². The lowest BCUT2D eigenvalue weighted by atomic mass is 10.3. The lowest BCUT2D eigenvalue weighted by molar-refractivity contribution is -0.115. The summed E-state index contributed by atoms with van der Waals surface area (Å²) in [5, 5.41) is 4.55. The van der Waals surface area contributed by atoms with E-state index in [-0.39, 0.29) is 30.6 Å². The molecule has 0 atom stereocenters. The lowest BCUT2D eigenvalue weighted by Crippen LogP contribution is -2.37. The third kappa shape index (κ3) is 5.93. The fourth-order valence-corrected chi connectivity index (χ4v) is 7.50. The molecule has 3 aromatic carbocycles. The Bertz CT molecular complexity index is 1450. The number of carbonyl (C=O) groups is 2. The van der Waals surface area contributed by atoms with Crippen molar-refractivity contribution < 1.29 is 26.4 Å². The van der Waals surface area contributed by atoms with E-state index in [0.717, 1.165) is 36.4 Å². The summed E-state index contributed by atoms with van der Waals surface area (Å²) in [7, 11) is -9.62. The molecule has 190 valence electrons. The smallest absolute Gasteiger partial charge is 0.277 e. The quantitative estimate of drug-likeness (QED) is 0.366. The summed E-state index contributed by atoms with van der Waals surface area (Å²) < 4.78 is 55.0. The van der Waals surface area contributed by atoms with Gasteiger partial charge in [-0.25, -0.2) is 16.8 Å². The number of amides is 2. The summed E-state index contributed by atoms with van der Waals surface area (Å²) in [5.41, 5.74) is 0.150. The van der Waals surface area contributed by atoms with Crippen molar-refractivity contribution in [1.29, 1.82) is 0 Å². The predicted octanol–water partition coefficient (Wildman–Crippen LogP) is 5.15. The van der Waals surface area contributed by atoms with Gasteiger partial charge in [-0.1, -0.05) is 34.8 Å². The van der Waals surface area contributed by atoms with E-state index in [9.17, 15) is 26.4 Å². The molecule has 0 unspecified atom stereocenters. The molecule has 0 aliphatic carbocycles. The summed E-state index contributed by atoms with van der Waals surface area (Å²) in [4.78, 5) is 21.7. The van der Waals surface area contributed by atoms with Crippen LogP contribution in [0.5, 0.6) is 0 Å². The highest BCUT2D eigenvalue weighted by Crippen LogP contribution is 2.40. The highest BCUT2D eigenvalue weighted by Gasteiger charge is 2.38. The number of nitrogens with zero attached hydrogens (tertiary/aromatic N) is 1. The first-order valence-electron chi connectivity index (χ1n) is 9.94. The largest absolute Gasteiger partial charge is 0.326 e. The number of nitrogens with one attached hydrogen (secondary N) is 2. The van der Waals surface area contributed by atoms with Crippen LogP contribution in [0.1, 0.15) is 13.8 Å². The molecule has 3 aromatic rings. The van der Waals surface area contributed by atoms with Crippen LogP contribution in [0.3, 0.4) is 0 Å². The third-order valence-electron chi connectivity index (χ3n) is 4.57. The normalized spacial score (nSPS) is 11.6. The maximum Gasteiger partial charge on any atom is 0.277 e. The minimum absolute atomic E-state index is 0.0144. The Morgan fingerprint density at radius 3 is 1.36 bits per heavy atom. The van der Waals surface area contributed by atoms with Crippen molar-refractivity contribution in [3.8, 4) is 0 Å². The molecule has 0 radical (unpaired) electrons. The van der Waals surface area contributed by atoms with Crippen LogP contribution in [-0.4, -0.2) is 28.6 Å². The molecule has 9 nitrogen and oxygen atoms in total. The molecule has 0 bridgehead atoms. The monoisotopic (exact) mass is 589 g/mol. The number of hydrogen-bond acceptors (Lipinski definition) is 6. The maximum atomic E-state index is 13.7. The van der Waals surface area contributed by atoms with Gasteiger partial charge in [0.2, 0.25) is 11.8 Å². The second-order valence-electron chi connectivity index (χ2n) is 7.34. The van der Waals surface area contributed by atoms with E-state index in [2.05, 4.69) is 10.6 Å². The molecule has 2 amide bonds. The minimum atomic E-state index is -4.81. The Kier molecular flexibility index (Phi) is 8.21. The maximum absolute atomic E-state index is 13.7. The van der Waals surface area contributed by atoms with Crippen LogP contribution in [0.4, 0.5) is 17.1 Å².